The Hall–Kier alpha value is -2.09. The number of thioether (sulfide) groups is 1. The van der Waals surface area contributed by atoms with Crippen molar-refractivity contribution in [1.82, 2.24) is 4.90 Å². The zero-order chi connectivity index (χ0) is 17.1. The summed E-state index contributed by atoms with van der Waals surface area (Å²) in [5.74, 6) is -0.440. The van der Waals surface area contributed by atoms with Crippen LogP contribution in [0.1, 0.15) is 34.6 Å². The first kappa shape index (κ1) is 17.3. The van der Waals surface area contributed by atoms with E-state index in [1.54, 1.807) is 4.90 Å². The van der Waals surface area contributed by atoms with Gasteiger partial charge in [-0.15, -0.1) is 0 Å². The summed E-state index contributed by atoms with van der Waals surface area (Å²) in [5.41, 5.74) is -0.597. The summed E-state index contributed by atoms with van der Waals surface area (Å²) < 4.78 is 0. The molecule has 1 amide bonds. The Morgan fingerprint density at radius 3 is 2.57 bits per heavy atom. The Labute approximate surface area is 137 Å². The van der Waals surface area contributed by atoms with E-state index >= 15 is 0 Å². The molecule has 1 aliphatic heterocycles. The summed E-state index contributed by atoms with van der Waals surface area (Å²) in [4.78, 5) is 35.6. The molecule has 1 atom stereocenters. The average Bonchev–Trinajstić information content (AvgIpc) is 2.53. The van der Waals surface area contributed by atoms with Gasteiger partial charge in [-0.25, -0.2) is 4.79 Å². The quantitative estimate of drug-likeness (QED) is 0.668. The third-order valence-electron chi connectivity index (χ3n) is 3.75. The Morgan fingerprint density at radius 1 is 1.35 bits per heavy atom. The van der Waals surface area contributed by atoms with Crippen molar-refractivity contribution < 1.29 is 19.6 Å². The molecule has 0 aromatic heterocycles. The maximum absolute atomic E-state index is 12.6. The van der Waals surface area contributed by atoms with Gasteiger partial charge in [-0.1, -0.05) is 13.8 Å². The number of benzene rings is 1. The van der Waals surface area contributed by atoms with E-state index < -0.39 is 10.9 Å². The van der Waals surface area contributed by atoms with Crippen LogP contribution < -0.4 is 0 Å². The minimum Gasteiger partial charge on any atom is -0.478 e. The third-order valence-corrected chi connectivity index (χ3v) is 5.29. The van der Waals surface area contributed by atoms with Crippen LogP contribution >= 0.6 is 11.8 Å². The molecule has 1 unspecified atom stereocenters. The van der Waals surface area contributed by atoms with Gasteiger partial charge >= 0.3 is 5.97 Å². The zero-order valence-electron chi connectivity index (χ0n) is 12.9. The molecule has 7 nitrogen and oxygen atoms in total. The van der Waals surface area contributed by atoms with Gasteiger partial charge in [0.2, 0.25) is 0 Å². The molecule has 1 heterocycles. The number of nitrogens with zero attached hydrogens (tertiary/aromatic N) is 2. The number of carboxylic acids is 1. The number of nitro benzene ring substituents is 1. The number of non-ortho nitro benzene ring substituents is 1. The van der Waals surface area contributed by atoms with Crippen molar-refractivity contribution in [3.8, 4) is 0 Å². The van der Waals surface area contributed by atoms with Crippen LogP contribution in [0.25, 0.3) is 0 Å². The van der Waals surface area contributed by atoms with Crippen molar-refractivity contribution in [3.63, 3.8) is 0 Å². The second-order valence-corrected chi connectivity index (χ2v) is 7.08. The zero-order valence-corrected chi connectivity index (χ0v) is 13.7. The normalized spacial score (nSPS) is 18.0. The van der Waals surface area contributed by atoms with Gasteiger partial charge < -0.3 is 10.0 Å². The molecular weight excluding hydrogens is 320 g/mol. The lowest BCUT2D eigenvalue weighted by Crippen LogP contribution is -2.43. The molecule has 0 saturated carbocycles. The second kappa shape index (κ2) is 6.99. The number of nitro groups is 1. The van der Waals surface area contributed by atoms with Crippen molar-refractivity contribution in [2.45, 2.75) is 19.1 Å². The highest BCUT2D eigenvalue weighted by Crippen LogP contribution is 2.27. The van der Waals surface area contributed by atoms with Gasteiger partial charge in [-0.3, -0.25) is 14.9 Å². The lowest BCUT2D eigenvalue weighted by Gasteiger charge is -2.34. The molecule has 1 saturated heterocycles. The molecule has 1 aromatic carbocycles. The van der Waals surface area contributed by atoms with E-state index in [1.165, 1.54) is 6.07 Å². The number of amides is 1. The third kappa shape index (κ3) is 4.01. The molecule has 23 heavy (non-hydrogen) atoms. The number of aromatic carboxylic acids is 1. The van der Waals surface area contributed by atoms with E-state index in [4.69, 9.17) is 5.11 Å². The lowest BCUT2D eigenvalue weighted by atomic mass is 10.1. The molecular formula is C15H18N2O5S. The van der Waals surface area contributed by atoms with Gasteiger partial charge in [0.05, 0.1) is 10.5 Å². The van der Waals surface area contributed by atoms with Gasteiger partial charge in [-0.05, 0) is 12.0 Å². The molecule has 0 bridgehead atoms. The highest BCUT2D eigenvalue weighted by molar-refractivity contribution is 8.00. The summed E-state index contributed by atoms with van der Waals surface area (Å²) >= 11 is 1.81. The summed E-state index contributed by atoms with van der Waals surface area (Å²) in [5, 5.41) is 20.3. The van der Waals surface area contributed by atoms with E-state index in [0.29, 0.717) is 24.3 Å². The fourth-order valence-electron chi connectivity index (χ4n) is 2.41. The van der Waals surface area contributed by atoms with Gasteiger partial charge in [0.1, 0.15) is 0 Å². The number of carbonyl (C=O) groups is 2. The summed E-state index contributed by atoms with van der Waals surface area (Å²) in [6.07, 6.45) is 0. The summed E-state index contributed by atoms with van der Waals surface area (Å²) in [6, 6.07) is 3.30. The predicted octanol–water partition coefficient (Wildman–Crippen LogP) is 2.51. The monoisotopic (exact) mass is 338 g/mol. The van der Waals surface area contributed by atoms with E-state index in [0.717, 1.165) is 17.9 Å². The molecule has 0 spiro atoms. The summed E-state index contributed by atoms with van der Waals surface area (Å²) in [6.45, 7) is 5.28. The van der Waals surface area contributed by atoms with Crippen molar-refractivity contribution >= 4 is 29.3 Å². The molecule has 0 aliphatic carbocycles. The molecule has 8 heteroatoms. The predicted molar refractivity (Wildman–Crippen MR) is 87.0 cm³/mol. The molecule has 1 aromatic rings. The molecule has 1 aliphatic rings. The Balaban J connectivity index is 2.31. The van der Waals surface area contributed by atoms with Gasteiger partial charge in [0.25, 0.3) is 11.6 Å². The first-order valence-electron chi connectivity index (χ1n) is 7.23. The van der Waals surface area contributed by atoms with Crippen LogP contribution in [0, 0.1) is 16.0 Å². The first-order chi connectivity index (χ1) is 10.8. The maximum Gasteiger partial charge on any atom is 0.335 e. The second-order valence-electron chi connectivity index (χ2n) is 5.74. The minimum absolute atomic E-state index is 0.0472. The number of hydrogen-bond acceptors (Lipinski definition) is 5. The van der Waals surface area contributed by atoms with Crippen molar-refractivity contribution in [2.75, 3.05) is 18.8 Å². The molecule has 124 valence electrons. The number of hydrogen-bond donors (Lipinski definition) is 1. The van der Waals surface area contributed by atoms with Gasteiger partial charge in [0.15, 0.2) is 0 Å². The Kier molecular flexibility index (Phi) is 5.25. The minimum atomic E-state index is -1.29. The van der Waals surface area contributed by atoms with Crippen LogP contribution in [0.2, 0.25) is 0 Å². The van der Waals surface area contributed by atoms with Crippen molar-refractivity contribution in [2.24, 2.45) is 5.92 Å². The summed E-state index contributed by atoms with van der Waals surface area (Å²) in [7, 11) is 0. The van der Waals surface area contributed by atoms with Gasteiger partial charge in [-0.2, -0.15) is 11.8 Å². The molecule has 2 rings (SSSR count). The SMILES string of the molecule is CC(C)C1CN(C(=O)c2cc(C(=O)O)cc([N+](=O)[O-])c2)CCS1. The maximum atomic E-state index is 12.6. The van der Waals surface area contributed by atoms with E-state index in [1.807, 2.05) is 11.8 Å². The van der Waals surface area contributed by atoms with Gasteiger partial charge in [0, 0.05) is 41.8 Å². The van der Waals surface area contributed by atoms with Crippen LogP contribution in [0.15, 0.2) is 18.2 Å². The highest BCUT2D eigenvalue weighted by atomic mass is 32.2. The van der Waals surface area contributed by atoms with Crippen LogP contribution in [0.4, 0.5) is 5.69 Å². The van der Waals surface area contributed by atoms with Crippen LogP contribution in [0.3, 0.4) is 0 Å². The largest absolute Gasteiger partial charge is 0.478 e. The molecule has 1 fully saturated rings. The number of carboxylic acid groups (broad SMARTS) is 1. The Morgan fingerprint density at radius 2 is 2.00 bits per heavy atom. The highest BCUT2D eigenvalue weighted by Gasteiger charge is 2.28. The van der Waals surface area contributed by atoms with Crippen LogP contribution in [0.5, 0.6) is 0 Å². The fourth-order valence-corrected chi connectivity index (χ4v) is 3.71. The van der Waals surface area contributed by atoms with Crippen LogP contribution in [-0.4, -0.2) is 50.9 Å². The van der Waals surface area contributed by atoms with E-state index in [2.05, 4.69) is 13.8 Å². The molecule has 0 radical (unpaired) electrons. The van der Waals surface area contributed by atoms with Crippen molar-refractivity contribution in [1.29, 1.82) is 0 Å². The molecule has 1 N–H and O–H groups in total. The van der Waals surface area contributed by atoms with Crippen molar-refractivity contribution in [3.05, 3.63) is 39.4 Å². The standard InChI is InChI=1S/C15H18N2O5S/c1-9(2)13-8-16(3-4-23-13)14(18)10-5-11(15(19)20)7-12(6-10)17(21)22/h5-7,9,13H,3-4,8H2,1-2H3,(H,19,20). The Bertz CT molecular complexity index is 615. The van der Waals surface area contributed by atoms with E-state index in [-0.39, 0.29) is 22.7 Å². The average molecular weight is 338 g/mol. The number of carbonyl (C=O) groups excluding carboxylic acids is 1. The number of rotatable bonds is 4. The fraction of sp³-hybridized carbons (Fsp3) is 0.467. The first-order valence-corrected chi connectivity index (χ1v) is 8.28. The van der Waals surface area contributed by atoms with Crippen LogP contribution in [-0.2, 0) is 0 Å². The lowest BCUT2D eigenvalue weighted by molar-refractivity contribution is -0.384. The topological polar surface area (TPSA) is 101 Å². The van der Waals surface area contributed by atoms with E-state index in [9.17, 15) is 19.7 Å². The smallest absolute Gasteiger partial charge is 0.335 e.